The van der Waals surface area contributed by atoms with Gasteiger partial charge >= 0.3 is 0 Å². The molecule has 0 amide bonds. The van der Waals surface area contributed by atoms with Crippen LogP contribution in [0.4, 0.5) is 0 Å². The van der Waals surface area contributed by atoms with Crippen LogP contribution in [0.15, 0.2) is 12.1 Å². The Morgan fingerprint density at radius 1 is 1.40 bits per heavy atom. The third kappa shape index (κ3) is 4.20. The summed E-state index contributed by atoms with van der Waals surface area (Å²) >= 11 is 7.83. The predicted octanol–water partition coefficient (Wildman–Crippen LogP) is 4.69. The van der Waals surface area contributed by atoms with E-state index in [4.69, 9.17) is 17.3 Å². The fraction of sp³-hybridized carbons (Fsp3) is 0.750. The zero-order valence-electron chi connectivity index (χ0n) is 12.8. The lowest BCUT2D eigenvalue weighted by Gasteiger charge is -2.35. The number of rotatable bonds is 8. The monoisotopic (exact) mass is 314 g/mol. The maximum atomic E-state index is 6.45. The van der Waals surface area contributed by atoms with Crippen LogP contribution in [0.3, 0.4) is 0 Å². The minimum atomic E-state index is 0.192. The van der Waals surface area contributed by atoms with E-state index in [9.17, 15) is 0 Å². The summed E-state index contributed by atoms with van der Waals surface area (Å²) in [6.07, 6.45) is 4.89. The second-order valence-electron chi connectivity index (χ2n) is 6.31. The Balaban J connectivity index is 2.18. The van der Waals surface area contributed by atoms with Crippen LogP contribution in [-0.4, -0.2) is 23.5 Å². The van der Waals surface area contributed by atoms with E-state index in [0.717, 1.165) is 29.3 Å². The average molecular weight is 315 g/mol. The van der Waals surface area contributed by atoms with Gasteiger partial charge in [0.15, 0.2) is 0 Å². The number of nitrogens with two attached hydrogens (primary N) is 1. The standard InChI is InChI=1S/C16H27ClN2S/c1-4-13(18)16(14-7-8-15(17)20-14)19(12-5-6-12)10-9-11(2)3/h7-8,11-13,16H,4-6,9-10,18H2,1-3H3. The Bertz CT molecular complexity index is 414. The molecule has 2 rings (SSSR count). The van der Waals surface area contributed by atoms with Gasteiger partial charge in [-0.05, 0) is 50.3 Å². The van der Waals surface area contributed by atoms with Gasteiger partial charge in [-0.3, -0.25) is 4.90 Å². The number of hydrogen-bond acceptors (Lipinski definition) is 3. The van der Waals surface area contributed by atoms with Gasteiger partial charge in [-0.15, -0.1) is 11.3 Å². The van der Waals surface area contributed by atoms with E-state index in [1.54, 1.807) is 11.3 Å². The topological polar surface area (TPSA) is 29.3 Å². The summed E-state index contributed by atoms with van der Waals surface area (Å²) in [6, 6.07) is 5.43. The highest BCUT2D eigenvalue weighted by Crippen LogP contribution is 2.39. The smallest absolute Gasteiger partial charge is 0.0931 e. The summed E-state index contributed by atoms with van der Waals surface area (Å²) in [5.41, 5.74) is 6.45. The molecule has 1 aromatic heterocycles. The van der Waals surface area contributed by atoms with E-state index in [1.807, 2.05) is 6.07 Å². The summed E-state index contributed by atoms with van der Waals surface area (Å²) in [6.45, 7) is 7.92. The van der Waals surface area contributed by atoms with Crippen LogP contribution in [0.2, 0.25) is 4.34 Å². The summed E-state index contributed by atoms with van der Waals surface area (Å²) in [5.74, 6) is 0.738. The molecule has 1 fully saturated rings. The van der Waals surface area contributed by atoms with Crippen molar-refractivity contribution in [1.29, 1.82) is 0 Å². The quantitative estimate of drug-likeness (QED) is 0.754. The summed E-state index contributed by atoms with van der Waals surface area (Å²) < 4.78 is 0.868. The minimum Gasteiger partial charge on any atom is -0.326 e. The van der Waals surface area contributed by atoms with Gasteiger partial charge in [0.25, 0.3) is 0 Å². The third-order valence-corrected chi connectivity index (χ3v) is 5.40. The van der Waals surface area contributed by atoms with Gasteiger partial charge in [0.1, 0.15) is 0 Å². The second-order valence-corrected chi connectivity index (χ2v) is 8.06. The minimum absolute atomic E-state index is 0.192. The zero-order valence-corrected chi connectivity index (χ0v) is 14.4. The summed E-state index contributed by atoms with van der Waals surface area (Å²) in [4.78, 5) is 3.98. The van der Waals surface area contributed by atoms with E-state index < -0.39 is 0 Å². The molecular formula is C16H27ClN2S. The molecule has 1 aliphatic carbocycles. The number of halogens is 1. The Morgan fingerprint density at radius 2 is 2.10 bits per heavy atom. The van der Waals surface area contributed by atoms with Gasteiger partial charge in [-0.1, -0.05) is 32.4 Å². The lowest BCUT2D eigenvalue weighted by molar-refractivity contribution is 0.154. The largest absolute Gasteiger partial charge is 0.326 e. The molecule has 0 radical (unpaired) electrons. The number of thiophene rings is 1. The van der Waals surface area contributed by atoms with E-state index in [2.05, 4.69) is 31.7 Å². The molecule has 2 N–H and O–H groups in total. The maximum Gasteiger partial charge on any atom is 0.0931 e. The van der Waals surface area contributed by atoms with E-state index in [1.165, 1.54) is 24.1 Å². The molecule has 1 aliphatic rings. The molecule has 2 nitrogen and oxygen atoms in total. The van der Waals surface area contributed by atoms with Gasteiger partial charge in [-0.2, -0.15) is 0 Å². The highest BCUT2D eigenvalue weighted by atomic mass is 35.5. The zero-order chi connectivity index (χ0) is 14.7. The molecular weight excluding hydrogens is 288 g/mol. The fourth-order valence-electron chi connectivity index (χ4n) is 2.69. The van der Waals surface area contributed by atoms with Crippen LogP contribution < -0.4 is 5.73 Å². The first-order chi connectivity index (χ1) is 9.52. The van der Waals surface area contributed by atoms with Crippen molar-refractivity contribution in [2.75, 3.05) is 6.54 Å². The Hall–Kier alpha value is -0.0900. The first-order valence-corrected chi connectivity index (χ1v) is 8.99. The second kappa shape index (κ2) is 7.26. The highest BCUT2D eigenvalue weighted by molar-refractivity contribution is 7.16. The maximum absolute atomic E-state index is 6.45. The molecule has 1 heterocycles. The number of nitrogens with zero attached hydrogens (tertiary/aromatic N) is 1. The van der Waals surface area contributed by atoms with Crippen LogP contribution in [-0.2, 0) is 0 Å². The van der Waals surface area contributed by atoms with Crippen molar-refractivity contribution in [2.24, 2.45) is 11.7 Å². The van der Waals surface area contributed by atoms with Crippen LogP contribution in [0.1, 0.15) is 57.4 Å². The molecule has 2 atom stereocenters. The van der Waals surface area contributed by atoms with Crippen molar-refractivity contribution in [1.82, 2.24) is 4.90 Å². The molecule has 2 unspecified atom stereocenters. The van der Waals surface area contributed by atoms with Gasteiger partial charge in [-0.25, -0.2) is 0 Å². The van der Waals surface area contributed by atoms with E-state index >= 15 is 0 Å². The van der Waals surface area contributed by atoms with Crippen molar-refractivity contribution in [3.63, 3.8) is 0 Å². The van der Waals surface area contributed by atoms with Crippen molar-refractivity contribution >= 4 is 22.9 Å². The van der Waals surface area contributed by atoms with Gasteiger partial charge < -0.3 is 5.73 Å². The Kier molecular flexibility index (Phi) is 5.91. The van der Waals surface area contributed by atoms with Crippen molar-refractivity contribution in [3.05, 3.63) is 21.3 Å². The molecule has 0 aromatic carbocycles. The summed E-state index contributed by atoms with van der Waals surface area (Å²) in [7, 11) is 0. The molecule has 1 saturated carbocycles. The van der Waals surface area contributed by atoms with Crippen LogP contribution in [0.25, 0.3) is 0 Å². The molecule has 0 saturated heterocycles. The summed E-state index contributed by atoms with van der Waals surface area (Å²) in [5, 5.41) is 0. The Labute approximate surface area is 132 Å². The Morgan fingerprint density at radius 3 is 2.55 bits per heavy atom. The first kappa shape index (κ1) is 16.3. The lowest BCUT2D eigenvalue weighted by Crippen LogP contribution is -2.42. The van der Waals surface area contributed by atoms with E-state index in [-0.39, 0.29) is 6.04 Å². The van der Waals surface area contributed by atoms with Gasteiger partial charge in [0.05, 0.1) is 10.4 Å². The van der Waals surface area contributed by atoms with Crippen molar-refractivity contribution in [2.45, 2.75) is 64.6 Å². The fourth-order valence-corrected chi connectivity index (χ4v) is 3.95. The third-order valence-electron chi connectivity index (χ3n) is 4.10. The lowest BCUT2D eigenvalue weighted by atomic mass is 10.0. The molecule has 1 aromatic rings. The first-order valence-electron chi connectivity index (χ1n) is 7.79. The molecule has 0 aliphatic heterocycles. The normalized spacial score (nSPS) is 18.8. The van der Waals surface area contributed by atoms with Crippen LogP contribution in [0.5, 0.6) is 0 Å². The van der Waals surface area contributed by atoms with E-state index in [0.29, 0.717) is 6.04 Å². The molecule has 0 spiro atoms. The SMILES string of the molecule is CCC(N)C(c1ccc(Cl)s1)N(CCC(C)C)C1CC1. The van der Waals surface area contributed by atoms with Crippen LogP contribution in [0, 0.1) is 5.92 Å². The highest BCUT2D eigenvalue weighted by Gasteiger charge is 2.37. The number of hydrogen-bond donors (Lipinski definition) is 1. The van der Waals surface area contributed by atoms with Crippen molar-refractivity contribution < 1.29 is 0 Å². The average Bonchev–Trinajstić information content (AvgIpc) is 3.16. The molecule has 4 heteroatoms. The predicted molar refractivity (Wildman–Crippen MR) is 89.5 cm³/mol. The van der Waals surface area contributed by atoms with Gasteiger partial charge in [0, 0.05) is 17.0 Å². The molecule has 0 bridgehead atoms. The van der Waals surface area contributed by atoms with Crippen LogP contribution >= 0.6 is 22.9 Å². The molecule has 114 valence electrons. The molecule has 20 heavy (non-hydrogen) atoms. The van der Waals surface area contributed by atoms with Crippen molar-refractivity contribution in [3.8, 4) is 0 Å². The van der Waals surface area contributed by atoms with Gasteiger partial charge in [0.2, 0.25) is 0 Å².